The van der Waals surface area contributed by atoms with E-state index in [9.17, 15) is 18.0 Å². The SMILES string of the molecule is Cc1ccccc1N1CCN(C(=O)C2C3CC[C@@](C)(C2NC(=O)C(N)CCS(C)(=O)=O)C3(C)C)CC1. The van der Waals surface area contributed by atoms with Gasteiger partial charge in [-0.05, 0) is 54.6 Å². The molecule has 0 spiro atoms. The van der Waals surface area contributed by atoms with Crippen molar-refractivity contribution in [1.82, 2.24) is 10.2 Å². The van der Waals surface area contributed by atoms with E-state index in [1.165, 1.54) is 11.3 Å². The van der Waals surface area contributed by atoms with Crippen molar-refractivity contribution in [3.63, 3.8) is 0 Å². The number of carbonyl (C=O) groups excluding carboxylic acids is 2. The van der Waals surface area contributed by atoms with E-state index in [1.807, 2.05) is 17.0 Å². The average molecular weight is 519 g/mol. The Hall–Kier alpha value is -2.13. The van der Waals surface area contributed by atoms with Crippen LogP contribution >= 0.6 is 0 Å². The van der Waals surface area contributed by atoms with Crippen molar-refractivity contribution in [2.24, 2.45) is 28.4 Å². The van der Waals surface area contributed by atoms with Gasteiger partial charge in [-0.3, -0.25) is 9.59 Å². The van der Waals surface area contributed by atoms with Crippen LogP contribution in [0.15, 0.2) is 24.3 Å². The summed E-state index contributed by atoms with van der Waals surface area (Å²) in [4.78, 5) is 31.4. The number of aryl methyl sites for hydroxylation is 1. The van der Waals surface area contributed by atoms with Gasteiger partial charge in [-0.25, -0.2) is 8.42 Å². The van der Waals surface area contributed by atoms with E-state index in [0.717, 1.165) is 32.2 Å². The monoisotopic (exact) mass is 518 g/mol. The molecule has 200 valence electrons. The normalized spacial score (nSPS) is 30.3. The van der Waals surface area contributed by atoms with Crippen molar-refractivity contribution in [2.75, 3.05) is 43.1 Å². The Morgan fingerprint density at radius 2 is 1.78 bits per heavy atom. The first kappa shape index (κ1) is 26.9. The number of carbonyl (C=O) groups is 2. The maximum atomic E-state index is 14.0. The molecule has 2 bridgehead atoms. The second-order valence-electron chi connectivity index (χ2n) is 11.9. The fourth-order valence-corrected chi connectivity index (χ4v) is 7.65. The second-order valence-corrected chi connectivity index (χ2v) is 14.2. The molecular weight excluding hydrogens is 476 g/mol. The summed E-state index contributed by atoms with van der Waals surface area (Å²) in [5.41, 5.74) is 8.19. The van der Waals surface area contributed by atoms with Crippen LogP contribution < -0.4 is 16.0 Å². The summed E-state index contributed by atoms with van der Waals surface area (Å²) < 4.78 is 23.1. The van der Waals surface area contributed by atoms with E-state index in [2.05, 4.69) is 50.0 Å². The molecule has 4 unspecified atom stereocenters. The fraction of sp³-hybridized carbons (Fsp3) is 0.704. The Balaban J connectivity index is 1.49. The van der Waals surface area contributed by atoms with Crippen molar-refractivity contribution >= 4 is 27.3 Å². The lowest BCUT2D eigenvalue weighted by molar-refractivity contribution is -0.139. The molecule has 8 nitrogen and oxygen atoms in total. The van der Waals surface area contributed by atoms with Crippen LogP contribution in [0.4, 0.5) is 5.69 Å². The van der Waals surface area contributed by atoms with Crippen LogP contribution in [0.3, 0.4) is 0 Å². The minimum atomic E-state index is -3.21. The van der Waals surface area contributed by atoms with Gasteiger partial charge in [0.2, 0.25) is 11.8 Å². The van der Waals surface area contributed by atoms with Gasteiger partial charge in [-0.1, -0.05) is 39.0 Å². The molecule has 0 aromatic heterocycles. The Bertz CT molecular complexity index is 1110. The highest BCUT2D eigenvalue weighted by molar-refractivity contribution is 7.90. The summed E-state index contributed by atoms with van der Waals surface area (Å²) in [6, 6.07) is 7.09. The maximum absolute atomic E-state index is 14.0. The van der Waals surface area contributed by atoms with Crippen LogP contribution in [0.2, 0.25) is 0 Å². The van der Waals surface area contributed by atoms with Gasteiger partial charge in [0.05, 0.1) is 17.7 Å². The van der Waals surface area contributed by atoms with Crippen molar-refractivity contribution in [2.45, 2.75) is 59.0 Å². The third kappa shape index (κ3) is 4.76. The molecule has 4 rings (SSSR count). The van der Waals surface area contributed by atoms with Crippen molar-refractivity contribution < 1.29 is 18.0 Å². The minimum absolute atomic E-state index is 0.0698. The van der Waals surface area contributed by atoms with Crippen molar-refractivity contribution in [3.8, 4) is 0 Å². The quantitative estimate of drug-likeness (QED) is 0.571. The van der Waals surface area contributed by atoms with E-state index in [-0.39, 0.29) is 52.7 Å². The number of nitrogens with one attached hydrogen (secondary N) is 1. The summed E-state index contributed by atoms with van der Waals surface area (Å²) in [6.45, 7) is 11.6. The molecule has 3 N–H and O–H groups in total. The third-order valence-electron chi connectivity index (χ3n) is 9.62. The van der Waals surface area contributed by atoms with Gasteiger partial charge in [-0.2, -0.15) is 0 Å². The number of rotatable bonds is 7. The molecule has 1 heterocycles. The molecule has 1 aliphatic heterocycles. The van der Waals surface area contributed by atoms with Gasteiger partial charge < -0.3 is 20.9 Å². The molecule has 3 fully saturated rings. The zero-order valence-electron chi connectivity index (χ0n) is 22.3. The number of hydrogen-bond acceptors (Lipinski definition) is 6. The van der Waals surface area contributed by atoms with Crippen LogP contribution in [-0.2, 0) is 19.4 Å². The number of fused-ring (bicyclic) bond motifs is 2. The molecule has 9 heteroatoms. The highest BCUT2D eigenvalue weighted by Gasteiger charge is 2.68. The zero-order valence-corrected chi connectivity index (χ0v) is 23.1. The van der Waals surface area contributed by atoms with Crippen LogP contribution in [-0.4, -0.2) is 75.4 Å². The highest BCUT2D eigenvalue weighted by Crippen LogP contribution is 2.67. The summed E-state index contributed by atoms with van der Waals surface area (Å²) in [7, 11) is -3.21. The van der Waals surface area contributed by atoms with E-state index in [1.54, 1.807) is 0 Å². The van der Waals surface area contributed by atoms with E-state index in [0.29, 0.717) is 13.1 Å². The number of piperazine rings is 1. The Morgan fingerprint density at radius 1 is 1.14 bits per heavy atom. The van der Waals surface area contributed by atoms with Crippen molar-refractivity contribution in [3.05, 3.63) is 29.8 Å². The van der Waals surface area contributed by atoms with Crippen LogP contribution in [0.25, 0.3) is 0 Å². The van der Waals surface area contributed by atoms with Gasteiger partial charge >= 0.3 is 0 Å². The Morgan fingerprint density at radius 3 is 2.39 bits per heavy atom. The first-order chi connectivity index (χ1) is 16.8. The molecule has 3 aliphatic rings. The van der Waals surface area contributed by atoms with Gasteiger partial charge in [0.15, 0.2) is 0 Å². The Kier molecular flexibility index (Phi) is 7.20. The molecule has 5 atom stereocenters. The fourth-order valence-electron chi connectivity index (χ4n) is 6.97. The van der Waals surface area contributed by atoms with Gasteiger partial charge in [0.25, 0.3) is 0 Å². The first-order valence-corrected chi connectivity index (χ1v) is 15.2. The lowest BCUT2D eigenvalue weighted by Crippen LogP contribution is -2.58. The average Bonchev–Trinajstić information content (AvgIpc) is 3.14. The molecule has 1 aromatic rings. The standard InChI is InChI=1S/C27H42N4O4S/c1-18-8-6-7-9-21(18)30-13-15-31(16-14-30)25(33)22-19-10-12-27(4,26(19,2)3)23(22)29-24(32)20(28)11-17-36(5,34)35/h6-9,19-20,22-23H,10-17,28H2,1-5H3,(H,29,32)/t19?,20?,22?,23?,27-/m0/s1. The lowest BCUT2D eigenvalue weighted by atomic mass is 9.69. The smallest absolute Gasteiger partial charge is 0.237 e. The molecule has 1 aromatic carbocycles. The zero-order chi connectivity index (χ0) is 26.5. The number of para-hydroxylation sites is 1. The molecular formula is C27H42N4O4S. The maximum Gasteiger partial charge on any atom is 0.237 e. The predicted molar refractivity (Wildman–Crippen MR) is 142 cm³/mol. The Labute approximate surface area is 215 Å². The molecule has 1 saturated heterocycles. The highest BCUT2D eigenvalue weighted by atomic mass is 32.2. The molecule has 2 saturated carbocycles. The van der Waals surface area contributed by atoms with Crippen LogP contribution in [0.5, 0.6) is 0 Å². The number of benzene rings is 1. The van der Waals surface area contributed by atoms with Crippen molar-refractivity contribution in [1.29, 1.82) is 0 Å². The summed E-state index contributed by atoms with van der Waals surface area (Å²) in [6.07, 6.45) is 3.12. The summed E-state index contributed by atoms with van der Waals surface area (Å²) in [5, 5.41) is 3.14. The van der Waals surface area contributed by atoms with E-state index >= 15 is 0 Å². The van der Waals surface area contributed by atoms with Gasteiger partial charge in [0.1, 0.15) is 9.84 Å². The van der Waals surface area contributed by atoms with Crippen LogP contribution in [0, 0.1) is 29.6 Å². The second kappa shape index (κ2) is 9.63. The van der Waals surface area contributed by atoms with E-state index < -0.39 is 15.9 Å². The first-order valence-electron chi connectivity index (χ1n) is 13.1. The molecule has 2 aliphatic carbocycles. The lowest BCUT2D eigenvalue weighted by Gasteiger charge is -2.43. The predicted octanol–water partition coefficient (Wildman–Crippen LogP) is 1.96. The largest absolute Gasteiger partial charge is 0.368 e. The third-order valence-corrected chi connectivity index (χ3v) is 10.6. The number of anilines is 1. The summed E-state index contributed by atoms with van der Waals surface area (Å²) >= 11 is 0. The number of nitrogens with zero attached hydrogens (tertiary/aromatic N) is 2. The number of hydrogen-bond donors (Lipinski definition) is 2. The summed E-state index contributed by atoms with van der Waals surface area (Å²) in [5.74, 6) is -0.492. The minimum Gasteiger partial charge on any atom is -0.368 e. The number of amides is 2. The molecule has 36 heavy (non-hydrogen) atoms. The van der Waals surface area contributed by atoms with Crippen LogP contribution in [0.1, 0.15) is 45.6 Å². The van der Waals surface area contributed by atoms with Gasteiger partial charge in [0, 0.05) is 44.2 Å². The van der Waals surface area contributed by atoms with Gasteiger partial charge in [-0.15, -0.1) is 0 Å². The number of sulfone groups is 1. The molecule has 2 amide bonds. The molecule has 0 radical (unpaired) electrons. The number of nitrogens with two attached hydrogens (primary N) is 1. The topological polar surface area (TPSA) is 113 Å². The van der Waals surface area contributed by atoms with E-state index in [4.69, 9.17) is 5.73 Å².